The first-order valence-corrected chi connectivity index (χ1v) is 6.75. The number of aromatic nitrogens is 1. The van der Waals surface area contributed by atoms with Crippen molar-refractivity contribution in [1.29, 1.82) is 0 Å². The molecule has 0 atom stereocenters. The van der Waals surface area contributed by atoms with Crippen LogP contribution in [0.4, 0.5) is 5.69 Å². The highest BCUT2D eigenvalue weighted by Crippen LogP contribution is 2.26. The van der Waals surface area contributed by atoms with Crippen molar-refractivity contribution in [1.82, 2.24) is 4.98 Å². The molecule has 2 aromatic rings. The lowest BCUT2D eigenvalue weighted by molar-refractivity contribution is 0.102. The summed E-state index contributed by atoms with van der Waals surface area (Å²) in [5.41, 5.74) is 0.910. The van der Waals surface area contributed by atoms with E-state index in [-0.39, 0.29) is 5.91 Å². The van der Waals surface area contributed by atoms with E-state index in [0.29, 0.717) is 21.4 Å². The van der Waals surface area contributed by atoms with Crippen LogP contribution < -0.4 is 5.32 Å². The highest BCUT2D eigenvalue weighted by Gasteiger charge is 2.15. The summed E-state index contributed by atoms with van der Waals surface area (Å²) in [5, 5.41) is 4.52. The van der Waals surface area contributed by atoms with E-state index in [2.05, 4.69) is 10.3 Å². The maximum atomic E-state index is 12.0. The zero-order chi connectivity index (χ0) is 13.3. The van der Waals surface area contributed by atoms with Gasteiger partial charge in [0.15, 0.2) is 0 Å². The van der Waals surface area contributed by atoms with E-state index < -0.39 is 0 Å². The third-order valence-electron chi connectivity index (χ3n) is 2.30. The molecule has 18 heavy (non-hydrogen) atoms. The number of rotatable bonds is 2. The van der Waals surface area contributed by atoms with E-state index in [1.807, 2.05) is 13.8 Å². The summed E-state index contributed by atoms with van der Waals surface area (Å²) < 4.78 is 0. The molecule has 0 bridgehead atoms. The van der Waals surface area contributed by atoms with Gasteiger partial charge in [0.05, 0.1) is 15.7 Å². The van der Waals surface area contributed by atoms with Crippen molar-refractivity contribution >= 4 is 46.1 Å². The zero-order valence-corrected chi connectivity index (χ0v) is 12.1. The van der Waals surface area contributed by atoms with Gasteiger partial charge in [-0.15, -0.1) is 11.3 Å². The van der Waals surface area contributed by atoms with Crippen LogP contribution in [0.1, 0.15) is 20.4 Å². The summed E-state index contributed by atoms with van der Waals surface area (Å²) in [4.78, 5) is 17.1. The summed E-state index contributed by atoms with van der Waals surface area (Å²) >= 11 is 13.3. The fraction of sp³-hybridized carbons (Fsp3) is 0.167. The third kappa shape index (κ3) is 2.83. The summed E-state index contributed by atoms with van der Waals surface area (Å²) in [6.45, 7) is 3.72. The first-order chi connectivity index (χ1) is 8.47. The van der Waals surface area contributed by atoms with Crippen LogP contribution in [0.5, 0.6) is 0 Å². The molecule has 0 aliphatic rings. The summed E-state index contributed by atoms with van der Waals surface area (Å²) in [5.74, 6) is -0.277. The third-order valence-corrected chi connectivity index (χ3v) is 3.75. The van der Waals surface area contributed by atoms with Crippen LogP contribution in [0.15, 0.2) is 18.2 Å². The Morgan fingerprint density at radius 3 is 2.67 bits per heavy atom. The van der Waals surface area contributed by atoms with Crippen molar-refractivity contribution in [2.24, 2.45) is 0 Å². The predicted molar refractivity (Wildman–Crippen MR) is 76.0 cm³/mol. The second-order valence-corrected chi connectivity index (χ2v) is 5.97. The molecule has 0 saturated heterocycles. The molecular weight excluding hydrogens is 291 g/mol. The molecule has 1 N–H and O–H groups in total. The topological polar surface area (TPSA) is 42.0 Å². The second-order valence-electron chi connectivity index (χ2n) is 3.72. The number of amides is 1. The van der Waals surface area contributed by atoms with Crippen LogP contribution in [0, 0.1) is 13.8 Å². The normalized spacial score (nSPS) is 10.4. The maximum absolute atomic E-state index is 12.0. The van der Waals surface area contributed by atoms with Crippen LogP contribution in [0.3, 0.4) is 0 Å². The smallest absolute Gasteiger partial charge is 0.275 e. The fourth-order valence-electron chi connectivity index (χ4n) is 1.51. The van der Waals surface area contributed by atoms with Crippen molar-refractivity contribution in [3.05, 3.63) is 43.8 Å². The average Bonchev–Trinajstić information content (AvgIpc) is 2.63. The number of hydrogen-bond donors (Lipinski definition) is 1. The van der Waals surface area contributed by atoms with Crippen LogP contribution >= 0.6 is 34.5 Å². The van der Waals surface area contributed by atoms with E-state index in [4.69, 9.17) is 23.2 Å². The fourth-order valence-corrected chi connectivity index (χ4v) is 2.67. The molecule has 0 saturated carbocycles. The number of hydrogen-bond acceptors (Lipinski definition) is 3. The molecule has 1 aromatic carbocycles. The lowest BCUT2D eigenvalue weighted by atomic mass is 10.3. The van der Waals surface area contributed by atoms with E-state index in [1.165, 1.54) is 11.3 Å². The Balaban J connectivity index is 2.26. The molecule has 1 aromatic heterocycles. The van der Waals surface area contributed by atoms with Crippen LogP contribution in [-0.4, -0.2) is 10.9 Å². The van der Waals surface area contributed by atoms with E-state index in [9.17, 15) is 4.79 Å². The van der Waals surface area contributed by atoms with Gasteiger partial charge in [-0.3, -0.25) is 4.79 Å². The minimum Gasteiger partial charge on any atom is -0.319 e. The molecule has 0 radical (unpaired) electrons. The number of nitrogens with one attached hydrogen (secondary N) is 1. The Kier molecular flexibility index (Phi) is 3.90. The number of thiazole rings is 1. The number of aryl methyl sites for hydroxylation is 2. The quantitative estimate of drug-likeness (QED) is 0.897. The summed E-state index contributed by atoms with van der Waals surface area (Å²) in [6, 6.07) is 4.91. The average molecular weight is 301 g/mol. The van der Waals surface area contributed by atoms with E-state index >= 15 is 0 Å². The van der Waals surface area contributed by atoms with Gasteiger partial charge in [-0.25, -0.2) is 4.98 Å². The predicted octanol–water partition coefficient (Wildman–Crippen LogP) is 4.32. The van der Waals surface area contributed by atoms with Gasteiger partial charge in [0.1, 0.15) is 5.69 Å². The monoisotopic (exact) mass is 300 g/mol. The molecule has 1 amide bonds. The SMILES string of the molecule is Cc1nc(C(=O)Nc2cc(Cl)ccc2Cl)c(C)s1. The molecule has 2 rings (SSSR count). The van der Waals surface area contributed by atoms with Gasteiger partial charge in [0, 0.05) is 9.90 Å². The van der Waals surface area contributed by atoms with E-state index in [0.717, 1.165) is 9.88 Å². The molecule has 0 unspecified atom stereocenters. The first kappa shape index (κ1) is 13.3. The first-order valence-electron chi connectivity index (χ1n) is 5.18. The van der Waals surface area contributed by atoms with Gasteiger partial charge >= 0.3 is 0 Å². The Morgan fingerprint density at radius 1 is 1.33 bits per heavy atom. The Labute approximate surface area is 119 Å². The number of benzene rings is 1. The molecule has 3 nitrogen and oxygen atoms in total. The lowest BCUT2D eigenvalue weighted by Crippen LogP contribution is -2.13. The van der Waals surface area contributed by atoms with Gasteiger partial charge in [-0.2, -0.15) is 0 Å². The number of carbonyl (C=O) groups excluding carboxylic acids is 1. The highest BCUT2D eigenvalue weighted by molar-refractivity contribution is 7.11. The standard InChI is InChI=1S/C12H10Cl2N2OS/c1-6-11(15-7(2)18-6)12(17)16-10-5-8(13)3-4-9(10)14/h3-5H,1-2H3,(H,16,17). The Bertz CT molecular complexity index is 610. The molecule has 6 heteroatoms. The van der Waals surface area contributed by atoms with Crippen molar-refractivity contribution in [2.45, 2.75) is 13.8 Å². The molecular formula is C12H10Cl2N2OS. The molecule has 0 spiro atoms. The summed E-state index contributed by atoms with van der Waals surface area (Å²) in [7, 11) is 0. The molecule has 0 aliphatic heterocycles. The number of nitrogens with zero attached hydrogens (tertiary/aromatic N) is 1. The summed E-state index contributed by atoms with van der Waals surface area (Å²) in [6.07, 6.45) is 0. The second kappa shape index (κ2) is 5.26. The molecule has 1 heterocycles. The van der Waals surface area contributed by atoms with Crippen LogP contribution in [-0.2, 0) is 0 Å². The van der Waals surface area contributed by atoms with Gasteiger partial charge in [0.25, 0.3) is 5.91 Å². The number of halogens is 2. The van der Waals surface area contributed by atoms with Gasteiger partial charge in [0.2, 0.25) is 0 Å². The zero-order valence-electron chi connectivity index (χ0n) is 9.75. The van der Waals surface area contributed by atoms with Crippen LogP contribution in [0.25, 0.3) is 0 Å². The Morgan fingerprint density at radius 2 is 2.06 bits per heavy atom. The van der Waals surface area contributed by atoms with Gasteiger partial charge in [-0.1, -0.05) is 23.2 Å². The Hall–Kier alpha value is -1.10. The molecule has 0 aliphatic carbocycles. The molecule has 94 valence electrons. The van der Waals surface area contributed by atoms with E-state index in [1.54, 1.807) is 18.2 Å². The van der Waals surface area contributed by atoms with Crippen molar-refractivity contribution in [3.63, 3.8) is 0 Å². The minimum atomic E-state index is -0.277. The lowest BCUT2D eigenvalue weighted by Gasteiger charge is -2.06. The minimum absolute atomic E-state index is 0.277. The highest BCUT2D eigenvalue weighted by atomic mass is 35.5. The van der Waals surface area contributed by atoms with Gasteiger partial charge < -0.3 is 5.32 Å². The van der Waals surface area contributed by atoms with Crippen LogP contribution in [0.2, 0.25) is 10.0 Å². The maximum Gasteiger partial charge on any atom is 0.275 e. The number of carbonyl (C=O) groups is 1. The number of anilines is 1. The van der Waals surface area contributed by atoms with Crippen molar-refractivity contribution in [2.75, 3.05) is 5.32 Å². The molecule has 0 fully saturated rings. The largest absolute Gasteiger partial charge is 0.319 e. The van der Waals surface area contributed by atoms with Gasteiger partial charge in [-0.05, 0) is 32.0 Å². The van der Waals surface area contributed by atoms with Crippen molar-refractivity contribution < 1.29 is 4.79 Å². The van der Waals surface area contributed by atoms with Crippen molar-refractivity contribution in [3.8, 4) is 0 Å².